The van der Waals surface area contributed by atoms with Gasteiger partial charge in [-0.1, -0.05) is 38.1 Å². The highest BCUT2D eigenvalue weighted by Crippen LogP contribution is 2.26. The number of carbonyl (C=O) groups excluding carboxylic acids is 3. The summed E-state index contributed by atoms with van der Waals surface area (Å²) >= 11 is 0. The lowest BCUT2D eigenvalue weighted by atomic mass is 9.85. The van der Waals surface area contributed by atoms with Crippen molar-refractivity contribution in [2.75, 3.05) is 18.4 Å². The third kappa shape index (κ3) is 7.17. The van der Waals surface area contributed by atoms with Gasteiger partial charge in [0, 0.05) is 31.9 Å². The van der Waals surface area contributed by atoms with Crippen LogP contribution in [0, 0.1) is 5.41 Å². The van der Waals surface area contributed by atoms with Gasteiger partial charge in [0.25, 0.3) is 0 Å². The predicted molar refractivity (Wildman–Crippen MR) is 143 cm³/mol. The van der Waals surface area contributed by atoms with Gasteiger partial charge in [0.05, 0.1) is 36.4 Å². The molecule has 0 saturated carbocycles. The smallest absolute Gasteiger partial charge is 0.246 e. The Morgan fingerprint density at radius 1 is 1.13 bits per heavy atom. The van der Waals surface area contributed by atoms with E-state index in [1.54, 1.807) is 41.6 Å². The van der Waals surface area contributed by atoms with Gasteiger partial charge in [-0.3, -0.25) is 19.4 Å². The Labute approximate surface area is 226 Å². The van der Waals surface area contributed by atoms with E-state index in [1.165, 1.54) is 4.90 Å². The van der Waals surface area contributed by atoms with Gasteiger partial charge in [-0.05, 0) is 35.2 Å². The van der Waals surface area contributed by atoms with Gasteiger partial charge in [-0.15, -0.1) is 5.10 Å². The van der Waals surface area contributed by atoms with Crippen LogP contribution < -0.4 is 16.0 Å². The van der Waals surface area contributed by atoms with Crippen molar-refractivity contribution >= 4 is 23.4 Å². The van der Waals surface area contributed by atoms with Crippen LogP contribution in [0.3, 0.4) is 0 Å². The molecule has 3 heterocycles. The molecule has 1 fully saturated rings. The molecule has 12 heteroatoms. The van der Waals surface area contributed by atoms with Crippen molar-refractivity contribution < 1.29 is 19.5 Å². The van der Waals surface area contributed by atoms with Gasteiger partial charge in [-0.2, -0.15) is 0 Å². The molecule has 1 aliphatic rings. The van der Waals surface area contributed by atoms with Crippen molar-refractivity contribution in [3.63, 3.8) is 0 Å². The summed E-state index contributed by atoms with van der Waals surface area (Å²) in [6.45, 7) is 5.75. The van der Waals surface area contributed by atoms with Gasteiger partial charge in [0.2, 0.25) is 17.7 Å². The summed E-state index contributed by atoms with van der Waals surface area (Å²) in [5.41, 5.74) is 1.74. The van der Waals surface area contributed by atoms with Crippen LogP contribution in [0.25, 0.3) is 5.69 Å². The Morgan fingerprint density at radius 2 is 1.90 bits per heavy atom. The van der Waals surface area contributed by atoms with Gasteiger partial charge < -0.3 is 26.0 Å². The summed E-state index contributed by atoms with van der Waals surface area (Å²) in [7, 11) is 0. The van der Waals surface area contributed by atoms with Crippen molar-refractivity contribution in [2.24, 2.45) is 5.41 Å². The minimum absolute atomic E-state index is 0.0138. The van der Waals surface area contributed by atoms with Crippen LogP contribution in [0.1, 0.15) is 32.8 Å². The monoisotopic (exact) mass is 534 g/mol. The van der Waals surface area contributed by atoms with E-state index in [2.05, 4.69) is 31.2 Å². The summed E-state index contributed by atoms with van der Waals surface area (Å²) in [6, 6.07) is 9.26. The van der Waals surface area contributed by atoms with Crippen molar-refractivity contribution in [3.05, 3.63) is 66.7 Å². The molecule has 0 unspecified atom stereocenters. The molecule has 2 aromatic heterocycles. The minimum atomic E-state index is -0.898. The zero-order valence-electron chi connectivity index (χ0n) is 22.2. The number of aliphatic hydroxyl groups excluding tert-OH is 1. The lowest BCUT2D eigenvalue weighted by Crippen LogP contribution is -2.58. The highest BCUT2D eigenvalue weighted by atomic mass is 16.3. The first-order valence-corrected chi connectivity index (χ1v) is 12.8. The van der Waals surface area contributed by atoms with Crippen molar-refractivity contribution in [2.45, 2.75) is 51.9 Å². The van der Waals surface area contributed by atoms with E-state index < -0.39 is 29.5 Å². The average molecular weight is 535 g/mol. The lowest BCUT2D eigenvalue weighted by Gasteiger charge is -2.35. The Morgan fingerprint density at radius 3 is 2.54 bits per heavy atom. The van der Waals surface area contributed by atoms with E-state index in [4.69, 9.17) is 0 Å². The van der Waals surface area contributed by atoms with E-state index in [0.29, 0.717) is 5.69 Å². The first-order chi connectivity index (χ1) is 18.6. The molecular weight excluding hydrogens is 500 g/mol. The second-order valence-corrected chi connectivity index (χ2v) is 10.6. The van der Waals surface area contributed by atoms with Crippen molar-refractivity contribution in [1.82, 2.24) is 35.5 Å². The van der Waals surface area contributed by atoms with Gasteiger partial charge in [-0.25, -0.2) is 4.68 Å². The minimum Gasteiger partial charge on any atom is -0.391 e. The molecule has 1 aliphatic heterocycles. The normalized spacial score (nSPS) is 17.9. The van der Waals surface area contributed by atoms with Crippen LogP contribution in [-0.2, 0) is 20.9 Å². The zero-order chi connectivity index (χ0) is 28.0. The number of likely N-dealkylation sites (tertiary alicyclic amines) is 1. The largest absolute Gasteiger partial charge is 0.391 e. The Balaban J connectivity index is 1.38. The molecule has 3 aromatic rings. The Hall–Kier alpha value is -4.32. The number of carbonyl (C=O) groups is 3. The molecule has 0 bridgehead atoms. The van der Waals surface area contributed by atoms with Crippen LogP contribution in [-0.4, -0.2) is 79.0 Å². The number of benzene rings is 1. The Bertz CT molecular complexity index is 1260. The van der Waals surface area contributed by atoms with E-state index in [-0.39, 0.29) is 37.9 Å². The number of anilines is 1. The van der Waals surface area contributed by atoms with Crippen LogP contribution in [0.2, 0.25) is 0 Å². The molecule has 1 aromatic carbocycles. The number of nitrogens with zero attached hydrogens (tertiary/aromatic N) is 5. The lowest BCUT2D eigenvalue weighted by molar-refractivity contribution is -0.143. The SMILES string of the molecule is CC(C)(C)[C@H](NC(=O)CNc1cccnc1)C(=O)N1C[C@H](O)C[C@H]1C(=O)NCc1ccc(-n2ccnn2)cc1. The van der Waals surface area contributed by atoms with E-state index in [1.807, 2.05) is 45.0 Å². The average Bonchev–Trinajstić information content (AvgIpc) is 3.59. The number of hydrogen-bond acceptors (Lipinski definition) is 8. The number of β-amino-alcohol motifs (C(OH)–C–C–N with tert-alkyl or cyclic N) is 1. The third-order valence-electron chi connectivity index (χ3n) is 6.49. The zero-order valence-corrected chi connectivity index (χ0v) is 22.2. The molecule has 4 rings (SSSR count). The molecule has 4 N–H and O–H groups in total. The molecule has 206 valence electrons. The molecule has 3 atom stereocenters. The van der Waals surface area contributed by atoms with E-state index in [0.717, 1.165) is 11.3 Å². The number of nitrogens with one attached hydrogen (secondary N) is 3. The second-order valence-electron chi connectivity index (χ2n) is 10.6. The number of rotatable bonds is 9. The first kappa shape index (κ1) is 27.7. The number of aliphatic hydroxyl groups is 1. The molecular formula is C27H34N8O4. The topological polar surface area (TPSA) is 154 Å². The van der Waals surface area contributed by atoms with Gasteiger partial charge in [0.1, 0.15) is 12.1 Å². The maximum Gasteiger partial charge on any atom is 0.246 e. The maximum absolute atomic E-state index is 13.7. The van der Waals surface area contributed by atoms with Gasteiger partial charge in [0.15, 0.2) is 0 Å². The number of aromatic nitrogens is 4. The van der Waals surface area contributed by atoms with Gasteiger partial charge >= 0.3 is 0 Å². The molecule has 0 spiro atoms. The molecule has 1 saturated heterocycles. The molecule has 0 aliphatic carbocycles. The summed E-state index contributed by atoms with van der Waals surface area (Å²) in [5.74, 6) is -1.15. The molecule has 39 heavy (non-hydrogen) atoms. The predicted octanol–water partition coefficient (Wildman–Crippen LogP) is 0.883. The fourth-order valence-corrected chi connectivity index (χ4v) is 4.40. The Kier molecular flexibility index (Phi) is 8.55. The fraction of sp³-hybridized carbons (Fsp3) is 0.407. The summed E-state index contributed by atoms with van der Waals surface area (Å²) in [4.78, 5) is 44.9. The maximum atomic E-state index is 13.7. The summed E-state index contributed by atoms with van der Waals surface area (Å²) in [6.07, 6.45) is 5.84. The fourth-order valence-electron chi connectivity index (χ4n) is 4.40. The summed E-state index contributed by atoms with van der Waals surface area (Å²) < 4.78 is 1.63. The van der Waals surface area contributed by atoms with Crippen LogP contribution in [0.5, 0.6) is 0 Å². The molecule has 3 amide bonds. The third-order valence-corrected chi connectivity index (χ3v) is 6.49. The number of pyridine rings is 1. The summed E-state index contributed by atoms with van der Waals surface area (Å²) in [5, 5.41) is 26.8. The van der Waals surface area contributed by atoms with Crippen LogP contribution >= 0.6 is 0 Å². The van der Waals surface area contributed by atoms with Crippen molar-refractivity contribution in [1.29, 1.82) is 0 Å². The highest BCUT2D eigenvalue weighted by molar-refractivity contribution is 5.93. The highest BCUT2D eigenvalue weighted by Gasteiger charge is 2.44. The van der Waals surface area contributed by atoms with Crippen molar-refractivity contribution in [3.8, 4) is 5.69 Å². The first-order valence-electron chi connectivity index (χ1n) is 12.8. The number of hydrogen-bond donors (Lipinski definition) is 4. The number of amides is 3. The second kappa shape index (κ2) is 12.0. The quantitative estimate of drug-likeness (QED) is 0.316. The van der Waals surface area contributed by atoms with Crippen LogP contribution in [0.4, 0.5) is 5.69 Å². The van der Waals surface area contributed by atoms with E-state index in [9.17, 15) is 19.5 Å². The van der Waals surface area contributed by atoms with E-state index >= 15 is 0 Å². The molecule has 12 nitrogen and oxygen atoms in total. The molecule has 0 radical (unpaired) electrons. The van der Waals surface area contributed by atoms with Crippen LogP contribution in [0.15, 0.2) is 61.2 Å². The standard InChI is InChI=1S/C27H34N8O4/c1-27(2,3)24(32-23(37)16-29-19-5-4-10-28-15-19)26(39)34-17-21(36)13-22(34)25(38)30-14-18-6-8-20(9-7-18)35-12-11-31-33-35/h4-12,15,21-22,24,29,36H,13-14,16-17H2,1-3H3,(H,30,38)(H,32,37)/t21-,22+,24-/m1/s1.